The third-order valence-electron chi connectivity index (χ3n) is 3.82. The van der Waals surface area contributed by atoms with E-state index in [-0.39, 0.29) is 17.9 Å². The van der Waals surface area contributed by atoms with Gasteiger partial charge in [0.1, 0.15) is 5.82 Å². The fraction of sp³-hybridized carbons (Fsp3) is 0.278. The molecule has 0 aromatic heterocycles. The van der Waals surface area contributed by atoms with Crippen molar-refractivity contribution in [1.29, 1.82) is 0 Å². The molecular formula is C18H19FN2O. The number of benzene rings is 2. The smallest absolute Gasteiger partial charge is 0.317 e. The van der Waals surface area contributed by atoms with Crippen LogP contribution in [0.25, 0.3) is 0 Å². The molecule has 1 N–H and O–H groups in total. The van der Waals surface area contributed by atoms with Gasteiger partial charge in [-0.15, -0.1) is 0 Å². The summed E-state index contributed by atoms with van der Waals surface area (Å²) in [6.07, 6.45) is 2.06. The largest absolute Gasteiger partial charge is 0.322 e. The van der Waals surface area contributed by atoms with Crippen LogP contribution in [0.5, 0.6) is 0 Å². The van der Waals surface area contributed by atoms with E-state index < -0.39 is 0 Å². The topological polar surface area (TPSA) is 32.3 Å². The van der Waals surface area contributed by atoms with Gasteiger partial charge in [0.25, 0.3) is 0 Å². The number of rotatable bonds is 4. The van der Waals surface area contributed by atoms with E-state index in [1.54, 1.807) is 12.1 Å². The van der Waals surface area contributed by atoms with Crippen molar-refractivity contribution < 1.29 is 9.18 Å². The lowest BCUT2D eigenvalue weighted by molar-refractivity contribution is 0.206. The summed E-state index contributed by atoms with van der Waals surface area (Å²) in [4.78, 5) is 14.3. The highest BCUT2D eigenvalue weighted by atomic mass is 19.1. The maximum absolute atomic E-state index is 13.0. The van der Waals surface area contributed by atoms with Crippen LogP contribution in [0.2, 0.25) is 0 Å². The highest BCUT2D eigenvalue weighted by molar-refractivity contribution is 5.89. The number of amides is 2. The van der Waals surface area contributed by atoms with Gasteiger partial charge in [-0.2, -0.15) is 0 Å². The summed E-state index contributed by atoms with van der Waals surface area (Å²) >= 11 is 0. The molecule has 0 aliphatic heterocycles. The Kier molecular flexibility index (Phi) is 4.09. The Morgan fingerprint density at radius 3 is 2.36 bits per heavy atom. The molecule has 1 saturated carbocycles. The number of carbonyl (C=O) groups excluding carboxylic acids is 1. The Balaban J connectivity index is 1.69. The van der Waals surface area contributed by atoms with E-state index in [9.17, 15) is 9.18 Å². The number of nitrogens with zero attached hydrogens (tertiary/aromatic N) is 1. The summed E-state index contributed by atoms with van der Waals surface area (Å²) in [5.74, 6) is -0.258. The molecule has 3 nitrogen and oxygen atoms in total. The standard InChI is InChI=1S/C18H19FN2O/c1-13-2-8-16(9-3-13)20-18(22)21(17-10-11-17)12-14-4-6-15(19)7-5-14/h2-9,17H,10-12H2,1H3,(H,20,22). The highest BCUT2D eigenvalue weighted by Gasteiger charge is 2.32. The molecule has 0 radical (unpaired) electrons. The first kappa shape index (κ1) is 14.6. The van der Waals surface area contributed by atoms with E-state index in [0.29, 0.717) is 6.54 Å². The number of carbonyl (C=O) groups is 1. The van der Waals surface area contributed by atoms with Gasteiger partial charge in [0.05, 0.1) is 0 Å². The first-order chi connectivity index (χ1) is 10.6. The summed E-state index contributed by atoms with van der Waals surface area (Å²) in [5.41, 5.74) is 2.89. The number of nitrogens with one attached hydrogen (secondary N) is 1. The average molecular weight is 298 g/mol. The van der Waals surface area contributed by atoms with Gasteiger partial charge in [0.15, 0.2) is 0 Å². The van der Waals surface area contributed by atoms with Crippen molar-refractivity contribution in [2.75, 3.05) is 5.32 Å². The van der Waals surface area contributed by atoms with E-state index in [2.05, 4.69) is 5.32 Å². The van der Waals surface area contributed by atoms with Crippen molar-refractivity contribution in [3.8, 4) is 0 Å². The number of halogens is 1. The molecule has 0 bridgehead atoms. The van der Waals surface area contributed by atoms with Gasteiger partial charge in [-0.25, -0.2) is 9.18 Å². The zero-order valence-corrected chi connectivity index (χ0v) is 12.6. The predicted octanol–water partition coefficient (Wildman–Crippen LogP) is 4.33. The molecule has 1 aliphatic carbocycles. The fourth-order valence-electron chi connectivity index (χ4n) is 2.37. The van der Waals surface area contributed by atoms with Crippen molar-refractivity contribution in [2.45, 2.75) is 32.4 Å². The molecular weight excluding hydrogens is 279 g/mol. The normalized spacial score (nSPS) is 13.7. The Morgan fingerprint density at radius 2 is 1.77 bits per heavy atom. The minimum atomic E-state index is -0.258. The Morgan fingerprint density at radius 1 is 1.14 bits per heavy atom. The molecule has 0 heterocycles. The van der Waals surface area contributed by atoms with Crippen molar-refractivity contribution in [1.82, 2.24) is 4.90 Å². The minimum absolute atomic E-state index is 0.101. The average Bonchev–Trinajstić information content (AvgIpc) is 3.33. The molecule has 3 rings (SSSR count). The Labute approximate surface area is 129 Å². The molecule has 4 heteroatoms. The van der Waals surface area contributed by atoms with Crippen molar-refractivity contribution in [3.63, 3.8) is 0 Å². The molecule has 0 atom stereocenters. The maximum atomic E-state index is 13.0. The summed E-state index contributed by atoms with van der Waals surface area (Å²) in [7, 11) is 0. The molecule has 1 aliphatic rings. The highest BCUT2D eigenvalue weighted by Crippen LogP contribution is 2.29. The van der Waals surface area contributed by atoms with Crippen LogP contribution < -0.4 is 5.32 Å². The van der Waals surface area contributed by atoms with Crippen molar-refractivity contribution in [2.24, 2.45) is 0 Å². The molecule has 2 aromatic carbocycles. The van der Waals surface area contributed by atoms with Crippen LogP contribution in [-0.4, -0.2) is 17.0 Å². The monoisotopic (exact) mass is 298 g/mol. The van der Waals surface area contributed by atoms with Gasteiger partial charge in [0.2, 0.25) is 0 Å². The minimum Gasteiger partial charge on any atom is -0.317 e. The van der Waals surface area contributed by atoms with Crippen LogP contribution in [0, 0.1) is 12.7 Å². The number of urea groups is 1. The van der Waals surface area contributed by atoms with E-state index in [1.807, 2.05) is 36.1 Å². The third-order valence-corrected chi connectivity index (χ3v) is 3.82. The lowest BCUT2D eigenvalue weighted by Crippen LogP contribution is -2.36. The van der Waals surface area contributed by atoms with Crippen LogP contribution in [0.1, 0.15) is 24.0 Å². The lowest BCUT2D eigenvalue weighted by Gasteiger charge is -2.23. The van der Waals surface area contributed by atoms with E-state index in [1.165, 1.54) is 12.1 Å². The summed E-state index contributed by atoms with van der Waals surface area (Å²) in [6.45, 7) is 2.51. The van der Waals surface area contributed by atoms with E-state index in [0.717, 1.165) is 29.7 Å². The van der Waals surface area contributed by atoms with Gasteiger partial charge >= 0.3 is 6.03 Å². The Bertz CT molecular complexity index is 648. The molecule has 0 saturated heterocycles. The zero-order valence-electron chi connectivity index (χ0n) is 12.6. The van der Waals surface area contributed by atoms with Gasteiger partial charge in [0, 0.05) is 18.3 Å². The second kappa shape index (κ2) is 6.18. The van der Waals surface area contributed by atoms with Crippen molar-refractivity contribution in [3.05, 3.63) is 65.5 Å². The van der Waals surface area contributed by atoms with Gasteiger partial charge in [-0.05, 0) is 49.6 Å². The second-order valence-electron chi connectivity index (χ2n) is 5.78. The number of anilines is 1. The first-order valence-corrected chi connectivity index (χ1v) is 7.50. The molecule has 1 fully saturated rings. The first-order valence-electron chi connectivity index (χ1n) is 7.50. The summed E-state index contributed by atoms with van der Waals surface area (Å²) in [6, 6.07) is 14.2. The van der Waals surface area contributed by atoms with Crippen LogP contribution in [0.3, 0.4) is 0 Å². The number of aryl methyl sites for hydroxylation is 1. The third kappa shape index (κ3) is 3.64. The number of hydrogen-bond donors (Lipinski definition) is 1. The molecule has 0 unspecified atom stereocenters. The van der Waals surface area contributed by atoms with Gasteiger partial charge in [-0.3, -0.25) is 0 Å². The van der Waals surface area contributed by atoms with Crippen molar-refractivity contribution >= 4 is 11.7 Å². The van der Waals surface area contributed by atoms with E-state index in [4.69, 9.17) is 0 Å². The van der Waals surface area contributed by atoms with Crippen LogP contribution in [-0.2, 0) is 6.54 Å². The number of hydrogen-bond acceptors (Lipinski definition) is 1. The zero-order chi connectivity index (χ0) is 15.5. The predicted molar refractivity (Wildman–Crippen MR) is 85.2 cm³/mol. The molecule has 2 amide bonds. The van der Waals surface area contributed by atoms with E-state index >= 15 is 0 Å². The molecule has 0 spiro atoms. The summed E-state index contributed by atoms with van der Waals surface area (Å²) < 4.78 is 13.0. The molecule has 2 aromatic rings. The Hall–Kier alpha value is -2.36. The van der Waals surface area contributed by atoms with Crippen LogP contribution in [0.4, 0.5) is 14.9 Å². The lowest BCUT2D eigenvalue weighted by atomic mass is 10.2. The molecule has 22 heavy (non-hydrogen) atoms. The SMILES string of the molecule is Cc1ccc(NC(=O)N(Cc2ccc(F)cc2)C2CC2)cc1. The summed E-state index contributed by atoms with van der Waals surface area (Å²) in [5, 5.41) is 2.94. The van der Waals surface area contributed by atoms with Crippen LogP contribution >= 0.6 is 0 Å². The van der Waals surface area contributed by atoms with Gasteiger partial charge in [-0.1, -0.05) is 29.8 Å². The fourth-order valence-corrected chi connectivity index (χ4v) is 2.37. The van der Waals surface area contributed by atoms with Gasteiger partial charge < -0.3 is 10.2 Å². The van der Waals surface area contributed by atoms with Crippen LogP contribution in [0.15, 0.2) is 48.5 Å². The maximum Gasteiger partial charge on any atom is 0.322 e. The second-order valence-corrected chi connectivity index (χ2v) is 5.78. The quantitative estimate of drug-likeness (QED) is 0.895. The molecule has 114 valence electrons.